The number of esters is 9. The monoisotopic (exact) mass is 2210 g/mol. The molecule has 3 saturated heterocycles. The molecule has 6 amide bonds. The highest BCUT2D eigenvalue weighted by Crippen LogP contribution is 2.65. The van der Waals surface area contributed by atoms with Crippen LogP contribution in [0.25, 0.3) is 4.85 Å². The Morgan fingerprint density at radius 2 is 0.567 bits per heavy atom. The smallest absolute Gasteiger partial charge is 0.350 e. The summed E-state index contributed by atoms with van der Waals surface area (Å²) >= 11 is 9.71. The van der Waals surface area contributed by atoms with E-state index in [1.807, 2.05) is 12.1 Å². The third kappa shape index (κ3) is 27.7. The van der Waals surface area contributed by atoms with Crippen LogP contribution in [0.5, 0.6) is 46.0 Å². The van der Waals surface area contributed by atoms with Crippen molar-refractivity contribution in [2.24, 2.45) is 94.7 Å². The Hall–Kier alpha value is -9.49. The van der Waals surface area contributed by atoms with Gasteiger partial charge in [-0.05, 0) is 294 Å². The minimum atomic E-state index is -1.37. The van der Waals surface area contributed by atoms with Crippen LogP contribution in [0.1, 0.15) is 282 Å². The number of barbiturate groups is 1. The summed E-state index contributed by atoms with van der Waals surface area (Å²) in [7, 11) is 3.09. The second-order valence-electron chi connectivity index (χ2n) is 43.4. The van der Waals surface area contributed by atoms with Crippen LogP contribution in [0.2, 0.25) is 0 Å². The Kier molecular flexibility index (Phi) is 38.3. The van der Waals surface area contributed by atoms with E-state index in [1.54, 1.807) is 57.4 Å². The number of carbonyl (C=O) groups excluding carboxylic acids is 14. The number of amides is 6. The van der Waals surface area contributed by atoms with Gasteiger partial charge in [0.2, 0.25) is 0 Å². The summed E-state index contributed by atoms with van der Waals surface area (Å²) in [6.07, 6.45) is 31.1. The Balaban J connectivity index is 0.000000142. The number of likely N-dealkylation sites (N-methyl/N-ethyl adjacent to an activating group) is 2. The predicted octanol–water partition coefficient (Wildman–Crippen LogP) is 24.7. The van der Waals surface area contributed by atoms with Crippen LogP contribution in [0.15, 0.2) is 127 Å². The van der Waals surface area contributed by atoms with Gasteiger partial charge in [0.05, 0.1) is 118 Å². The number of thioether (sulfide) groups is 8. The number of benzene rings is 4. The summed E-state index contributed by atoms with van der Waals surface area (Å²) in [5.41, 5.74) is -0.332. The molecule has 2 N–H and O–H groups in total. The number of hydrazine groups is 1. The second-order valence-corrected chi connectivity index (χ2v) is 52.6. The average molecular weight is 2210 g/mol. The number of ether oxygens (including phenoxy) is 11. The van der Waals surface area contributed by atoms with Crippen LogP contribution < -0.4 is 48.5 Å². The molecule has 0 atom stereocenters. The summed E-state index contributed by atoms with van der Waals surface area (Å²) in [4.78, 5) is 187. The van der Waals surface area contributed by atoms with Gasteiger partial charge in [0.25, 0.3) is 35.1 Å². The van der Waals surface area contributed by atoms with E-state index in [9.17, 15) is 67.1 Å². The van der Waals surface area contributed by atoms with E-state index in [4.69, 9.17) is 58.7 Å². The SMILES string of the molecule is CC1CCC(C(=O)Oc2ccc(OC(=O)C3CCC(C)CC3)c3c2SC(=C2C(=O)N(C)N(C)C2=O)S3)CC1.CC1CCC(C(=O)Oc2ccc(OC(=O)C3CCC(C)CC3)c3c2SC(=C2C(=O)NC(=O)NC2=O)S3)CC1.CC1CCC(C(=O)Oc2ccc(OC(=O)C3CCC(C)CC3)c3c2SC(=C2C(=O)OC(C)(C)OC2=O)S3)CC1.[C-]#[N+]C(C(=O)OCC)=C1Sc2c(OCC3CCC(C)CC3)ccc(OCC3CCC(C)CC3)c2S1. The van der Waals surface area contributed by atoms with Gasteiger partial charge in [-0.3, -0.25) is 73.4 Å². The molecule has 0 aromatic heterocycles. The van der Waals surface area contributed by atoms with Gasteiger partial charge in [-0.25, -0.2) is 19.2 Å². The van der Waals surface area contributed by atoms with Crippen molar-refractivity contribution in [3.05, 3.63) is 99.3 Å². The quantitative estimate of drug-likeness (QED) is 0.0273. The number of nitrogens with one attached hydrogen (secondary N) is 2. The molecule has 8 aliphatic carbocycles. The van der Waals surface area contributed by atoms with Crippen molar-refractivity contribution in [3.8, 4) is 46.0 Å². The molecule has 7 heterocycles. The van der Waals surface area contributed by atoms with Crippen LogP contribution in [0.3, 0.4) is 0 Å². The molecule has 8 saturated carbocycles. The zero-order valence-corrected chi connectivity index (χ0v) is 94.0. The summed E-state index contributed by atoms with van der Waals surface area (Å²) in [5.74, 6) is 1.25. The van der Waals surface area contributed by atoms with Gasteiger partial charge in [-0.1, -0.05) is 175 Å². The normalized spacial score (nSPS) is 27.3. The topological polar surface area (TPSA) is 375 Å². The first kappa shape index (κ1) is 113. The molecule has 0 bridgehead atoms. The predicted molar refractivity (Wildman–Crippen MR) is 571 cm³/mol. The van der Waals surface area contributed by atoms with Gasteiger partial charge in [0, 0.05) is 27.9 Å². The van der Waals surface area contributed by atoms with Crippen molar-refractivity contribution in [1.29, 1.82) is 0 Å². The summed E-state index contributed by atoms with van der Waals surface area (Å²) in [5, 5.41) is 6.71. The van der Waals surface area contributed by atoms with Crippen LogP contribution in [-0.4, -0.2) is 133 Å². The van der Waals surface area contributed by atoms with Crippen molar-refractivity contribution >= 4 is 177 Å². The average Bonchev–Trinajstić information content (AvgIpc) is 1.60. The van der Waals surface area contributed by atoms with E-state index >= 15 is 0 Å². The number of rotatable bonds is 20. The molecule has 4 aromatic rings. The molecule has 0 unspecified atom stereocenters. The van der Waals surface area contributed by atoms with Gasteiger partial charge in [-0.15, -0.1) is 0 Å². The Labute approximate surface area is 911 Å². The zero-order valence-electron chi connectivity index (χ0n) is 87.4. The van der Waals surface area contributed by atoms with Crippen molar-refractivity contribution in [2.75, 3.05) is 33.9 Å². The number of carbonyl (C=O) groups is 14. The number of imide groups is 2. The Bertz CT molecular complexity index is 5740. The number of cyclic esters (lactones) is 2. The largest absolute Gasteiger partial charge is 0.492 e. The summed E-state index contributed by atoms with van der Waals surface area (Å²) < 4.78 is 65.4. The molecule has 38 heteroatoms. The molecular formula is C112H135N5O25S8. The first-order chi connectivity index (χ1) is 71.8. The lowest BCUT2D eigenvalue weighted by Gasteiger charge is -2.30. The van der Waals surface area contributed by atoms with E-state index in [0.29, 0.717) is 130 Å². The third-order valence-electron chi connectivity index (χ3n) is 31.1. The maximum Gasteiger partial charge on any atom is 0.350 e. The standard InChI is InChI=1S/C29H34O8S2.C28H34N2O6S2.C28H37NO4S2.C27H30N2O7S2/c1-15-5-9-17(10-6-15)24(30)34-19-13-14-20(35-25(31)18-11-7-16(2)8-12-18)23-22(19)38-28(39-23)21-26(32)36-29(3,4)37-27(21)33;1-15-5-9-17(10-6-15)26(33)35-19-13-14-20(36-27(34)18-11-7-16(2)8-12-18)23-22(19)37-28(38-23)21-24(31)29(3)30(4)25(21)32;1-5-31-27(30)24(29-4)28-34-25-22(32-16-20-10-6-18(2)7-11-20)14-15-23(26(25)35-28)33-17-21-12-8-19(3)9-13-21;1-13-3-7-15(8-4-13)24(32)35-17-11-12-18(36-25(33)16-9-5-14(2)6-10-16)21-20(17)37-26(38-21)19-22(30)28-27(34)29-23(19)31/h13-18H,5-12H2,1-4H3;13-18H,5-12H2,1-4H3;14-15,18-21H,5-13,16-17H2,1-3H3;11-16H,3-10H2,1-2H3,(H2,28,29,30,31,34). The van der Waals surface area contributed by atoms with Gasteiger partial charge in [0.1, 0.15) is 57.1 Å². The van der Waals surface area contributed by atoms with Crippen molar-refractivity contribution in [2.45, 2.75) is 327 Å². The van der Waals surface area contributed by atoms with Crippen molar-refractivity contribution in [3.63, 3.8) is 0 Å². The number of hydrogen-bond acceptors (Lipinski definition) is 33. The Morgan fingerprint density at radius 1 is 0.340 bits per heavy atom. The van der Waals surface area contributed by atoms with Gasteiger partial charge in [0.15, 0.2) is 5.57 Å². The lowest BCUT2D eigenvalue weighted by molar-refractivity contribution is -0.222. The highest BCUT2D eigenvalue weighted by molar-refractivity contribution is 8.26. The van der Waals surface area contributed by atoms with Gasteiger partial charge >= 0.3 is 59.8 Å². The van der Waals surface area contributed by atoms with Crippen LogP contribution in [-0.2, 0) is 76.5 Å². The van der Waals surface area contributed by atoms with E-state index in [-0.39, 0.29) is 112 Å². The summed E-state index contributed by atoms with van der Waals surface area (Å²) in [6, 6.07) is 12.9. The maximum atomic E-state index is 13.0. The molecule has 0 spiro atoms. The number of fused-ring (bicyclic) bond motifs is 4. The molecule has 19 rings (SSSR count). The highest BCUT2D eigenvalue weighted by Gasteiger charge is 2.48. The molecule has 15 aliphatic rings. The fourth-order valence-electron chi connectivity index (χ4n) is 21.1. The molecule has 7 aliphatic heterocycles. The summed E-state index contributed by atoms with van der Waals surface area (Å²) in [6.45, 7) is 31.8. The molecule has 30 nitrogen and oxygen atoms in total. The number of hydrogen-bond donors (Lipinski definition) is 2. The minimum absolute atomic E-state index is 0.0393. The zero-order chi connectivity index (χ0) is 107. The Morgan fingerprint density at radius 3 is 0.813 bits per heavy atom. The van der Waals surface area contributed by atoms with E-state index < -0.39 is 53.4 Å². The van der Waals surface area contributed by atoms with Crippen molar-refractivity contribution in [1.82, 2.24) is 20.7 Å². The molecular weight excluding hydrogens is 2070 g/mol. The van der Waals surface area contributed by atoms with Crippen molar-refractivity contribution < 1.29 is 119 Å². The third-order valence-corrected chi connectivity index (χ3v) is 41.6. The molecule has 11 fully saturated rings. The molecule has 150 heavy (non-hydrogen) atoms. The molecule has 0 radical (unpaired) electrons. The fraction of sp³-hybridized carbons (Fsp3) is 0.580. The van der Waals surface area contributed by atoms with Crippen LogP contribution >= 0.6 is 94.1 Å². The van der Waals surface area contributed by atoms with E-state index in [0.717, 1.165) is 234 Å². The van der Waals surface area contributed by atoms with Gasteiger partial charge < -0.3 is 52.1 Å². The number of urea groups is 1. The van der Waals surface area contributed by atoms with E-state index in [2.05, 4.69) is 70.9 Å². The minimum Gasteiger partial charge on any atom is -0.492 e. The first-order valence-electron chi connectivity index (χ1n) is 53.2. The highest BCUT2D eigenvalue weighted by atomic mass is 32.2. The molecule has 806 valence electrons. The van der Waals surface area contributed by atoms with Gasteiger partial charge in [-0.2, -0.15) is 0 Å². The molecule has 4 aromatic carbocycles. The lowest BCUT2D eigenvalue weighted by atomic mass is 9.83. The number of nitrogens with zero attached hydrogens (tertiary/aromatic N) is 3. The lowest BCUT2D eigenvalue weighted by Crippen LogP contribution is -2.51. The second kappa shape index (κ2) is 50.8. The van der Waals surface area contributed by atoms with Crippen LogP contribution in [0.4, 0.5) is 4.79 Å². The van der Waals surface area contributed by atoms with Crippen LogP contribution in [0, 0.1) is 101 Å². The maximum absolute atomic E-state index is 13.0. The van der Waals surface area contributed by atoms with E-state index in [1.165, 1.54) is 122 Å². The fourth-order valence-corrected chi connectivity index (χ4v) is 31.6. The first-order valence-corrected chi connectivity index (χ1v) is 59.7.